The predicted octanol–water partition coefficient (Wildman–Crippen LogP) is 4.63. The summed E-state index contributed by atoms with van der Waals surface area (Å²) in [6.07, 6.45) is 3.54. The van der Waals surface area contributed by atoms with Crippen LogP contribution in [0.15, 0.2) is 24.3 Å². The first-order valence-corrected chi connectivity index (χ1v) is 9.49. The van der Waals surface area contributed by atoms with Gasteiger partial charge in [-0.15, -0.1) is 0 Å². The summed E-state index contributed by atoms with van der Waals surface area (Å²) in [4.78, 5) is 11.7. The Morgan fingerprint density at radius 3 is 2.04 bits per heavy atom. The first-order valence-electron chi connectivity index (χ1n) is 9.49. The van der Waals surface area contributed by atoms with Crippen LogP contribution in [0.25, 0.3) is 0 Å². The Bertz CT molecular complexity index is 538. The Morgan fingerprint density at radius 1 is 1.00 bits per heavy atom. The first-order chi connectivity index (χ1) is 11.7. The van der Waals surface area contributed by atoms with E-state index in [0.29, 0.717) is 12.6 Å². The molecule has 0 radical (unpaired) electrons. The van der Waals surface area contributed by atoms with Crippen molar-refractivity contribution in [3.05, 3.63) is 35.4 Å². The molecule has 1 aliphatic rings. The number of carbonyl (C=O) groups is 1. The van der Waals surface area contributed by atoms with Crippen molar-refractivity contribution in [2.45, 2.75) is 78.6 Å². The maximum atomic E-state index is 11.7. The van der Waals surface area contributed by atoms with Gasteiger partial charge in [-0.05, 0) is 63.0 Å². The van der Waals surface area contributed by atoms with Crippen molar-refractivity contribution in [2.24, 2.45) is 11.8 Å². The number of rotatable bonds is 5. The number of carbonyl (C=O) groups excluding carboxylic acids is 1. The van der Waals surface area contributed by atoms with E-state index in [1.165, 1.54) is 24.8 Å². The van der Waals surface area contributed by atoms with Gasteiger partial charge < -0.3 is 15.4 Å². The fraction of sp³-hybridized carbons (Fsp3) is 0.667. The molecule has 0 bridgehead atoms. The lowest BCUT2D eigenvalue weighted by atomic mass is 9.80. The highest BCUT2D eigenvalue weighted by Crippen LogP contribution is 2.28. The van der Waals surface area contributed by atoms with E-state index in [1.807, 2.05) is 20.8 Å². The van der Waals surface area contributed by atoms with E-state index in [9.17, 15) is 4.79 Å². The zero-order chi connectivity index (χ0) is 18.4. The quantitative estimate of drug-likeness (QED) is 0.817. The lowest BCUT2D eigenvalue weighted by molar-refractivity contribution is 0.0523. The van der Waals surface area contributed by atoms with E-state index >= 15 is 0 Å². The summed E-state index contributed by atoms with van der Waals surface area (Å²) >= 11 is 0. The number of benzene rings is 1. The van der Waals surface area contributed by atoms with Gasteiger partial charge in [-0.1, -0.05) is 38.1 Å². The van der Waals surface area contributed by atoms with Gasteiger partial charge in [0.2, 0.25) is 0 Å². The van der Waals surface area contributed by atoms with Crippen LogP contribution >= 0.6 is 0 Å². The molecule has 4 nitrogen and oxygen atoms in total. The van der Waals surface area contributed by atoms with Gasteiger partial charge in [-0.3, -0.25) is 0 Å². The molecule has 2 unspecified atom stereocenters. The number of alkyl carbamates (subject to hydrolysis) is 1. The average molecular weight is 347 g/mol. The average Bonchev–Trinajstić information content (AvgIpc) is 2.49. The molecule has 0 spiro atoms. The normalized spacial score (nSPS) is 24.0. The summed E-state index contributed by atoms with van der Waals surface area (Å²) < 4.78 is 5.25. The molecule has 0 aromatic heterocycles. The molecule has 1 aromatic rings. The van der Waals surface area contributed by atoms with Gasteiger partial charge in [-0.2, -0.15) is 0 Å². The topological polar surface area (TPSA) is 50.4 Å². The summed E-state index contributed by atoms with van der Waals surface area (Å²) in [5.41, 5.74) is 1.90. The van der Waals surface area contributed by atoms with Crippen LogP contribution < -0.4 is 10.6 Å². The second-order valence-corrected chi connectivity index (χ2v) is 8.67. The molecule has 2 N–H and O–H groups in total. The third kappa shape index (κ3) is 7.47. The van der Waals surface area contributed by atoms with E-state index < -0.39 is 5.60 Å². The standard InChI is InChI=1S/C21H34N2O2/c1-15-10-16(2)12-19(11-15)22-13-17-6-8-18(9-7-17)14-23-20(24)25-21(3,4)5/h6-9,15-16,19,22H,10-14H2,1-5H3,(H,23,24). The molecule has 0 saturated heterocycles. The van der Waals surface area contributed by atoms with Crippen LogP contribution in [0.1, 0.15) is 65.0 Å². The van der Waals surface area contributed by atoms with Crippen molar-refractivity contribution >= 4 is 6.09 Å². The second kappa shape index (κ2) is 8.70. The summed E-state index contributed by atoms with van der Waals surface area (Å²) in [5, 5.41) is 6.50. The third-order valence-corrected chi connectivity index (χ3v) is 4.63. The van der Waals surface area contributed by atoms with E-state index in [-0.39, 0.29) is 6.09 Å². The first kappa shape index (κ1) is 19.8. The Hall–Kier alpha value is -1.55. The Labute approximate surface area is 152 Å². The van der Waals surface area contributed by atoms with Gasteiger partial charge in [0.05, 0.1) is 0 Å². The van der Waals surface area contributed by atoms with E-state index in [0.717, 1.165) is 23.9 Å². The van der Waals surface area contributed by atoms with Crippen molar-refractivity contribution in [3.63, 3.8) is 0 Å². The van der Waals surface area contributed by atoms with E-state index in [4.69, 9.17) is 4.74 Å². The smallest absolute Gasteiger partial charge is 0.407 e. The van der Waals surface area contributed by atoms with Gasteiger partial charge in [0.1, 0.15) is 5.60 Å². The minimum Gasteiger partial charge on any atom is -0.444 e. The summed E-state index contributed by atoms with van der Waals surface area (Å²) in [5.74, 6) is 1.64. The second-order valence-electron chi connectivity index (χ2n) is 8.67. The molecule has 2 rings (SSSR count). The van der Waals surface area contributed by atoms with Gasteiger partial charge >= 0.3 is 6.09 Å². The minimum atomic E-state index is -0.465. The predicted molar refractivity (Wildman–Crippen MR) is 102 cm³/mol. The monoisotopic (exact) mass is 346 g/mol. The highest BCUT2D eigenvalue weighted by Gasteiger charge is 2.23. The van der Waals surface area contributed by atoms with Crippen LogP contribution in [-0.4, -0.2) is 17.7 Å². The maximum Gasteiger partial charge on any atom is 0.407 e. The maximum absolute atomic E-state index is 11.7. The molecular weight excluding hydrogens is 312 g/mol. The van der Waals surface area contributed by atoms with Crippen LogP contribution in [0.3, 0.4) is 0 Å². The van der Waals surface area contributed by atoms with Crippen molar-refractivity contribution in [1.29, 1.82) is 0 Å². The zero-order valence-electron chi connectivity index (χ0n) is 16.4. The molecule has 140 valence electrons. The van der Waals surface area contributed by atoms with Crippen molar-refractivity contribution in [1.82, 2.24) is 10.6 Å². The molecule has 1 fully saturated rings. The number of hydrogen-bond acceptors (Lipinski definition) is 3. The molecule has 4 heteroatoms. The fourth-order valence-electron chi connectivity index (χ4n) is 3.64. The zero-order valence-corrected chi connectivity index (χ0v) is 16.4. The summed E-state index contributed by atoms with van der Waals surface area (Å²) in [6.45, 7) is 11.7. The number of hydrogen-bond donors (Lipinski definition) is 2. The highest BCUT2D eigenvalue weighted by molar-refractivity contribution is 5.67. The Balaban J connectivity index is 1.75. The summed E-state index contributed by atoms with van der Waals surface area (Å²) in [7, 11) is 0. The van der Waals surface area contributed by atoms with Crippen molar-refractivity contribution in [3.8, 4) is 0 Å². The number of nitrogens with one attached hydrogen (secondary N) is 2. The van der Waals surface area contributed by atoms with Crippen LogP contribution in [0.4, 0.5) is 4.79 Å². The van der Waals surface area contributed by atoms with E-state index in [2.05, 4.69) is 48.7 Å². The van der Waals surface area contributed by atoms with Gasteiger partial charge in [0.15, 0.2) is 0 Å². The highest BCUT2D eigenvalue weighted by atomic mass is 16.6. The molecule has 2 atom stereocenters. The molecule has 1 amide bonds. The molecule has 1 saturated carbocycles. The van der Waals surface area contributed by atoms with Crippen LogP contribution in [0.2, 0.25) is 0 Å². The molecule has 1 aromatic carbocycles. The van der Waals surface area contributed by atoms with Crippen molar-refractivity contribution in [2.75, 3.05) is 0 Å². The molecule has 0 aliphatic heterocycles. The van der Waals surface area contributed by atoms with Crippen LogP contribution in [0.5, 0.6) is 0 Å². The van der Waals surface area contributed by atoms with Gasteiger partial charge in [-0.25, -0.2) is 4.79 Å². The Kier molecular flexibility index (Phi) is 6.88. The minimum absolute atomic E-state index is 0.376. The van der Waals surface area contributed by atoms with Crippen molar-refractivity contribution < 1.29 is 9.53 Å². The van der Waals surface area contributed by atoms with Gasteiger partial charge in [0.25, 0.3) is 0 Å². The lowest BCUT2D eigenvalue weighted by Crippen LogP contribution is -2.35. The number of ether oxygens (including phenoxy) is 1. The van der Waals surface area contributed by atoms with Crippen LogP contribution in [0, 0.1) is 11.8 Å². The van der Waals surface area contributed by atoms with Gasteiger partial charge in [0, 0.05) is 19.1 Å². The third-order valence-electron chi connectivity index (χ3n) is 4.63. The van der Waals surface area contributed by atoms with E-state index in [1.54, 1.807) is 0 Å². The lowest BCUT2D eigenvalue weighted by Gasteiger charge is -2.32. The van der Waals surface area contributed by atoms with Crippen LogP contribution in [-0.2, 0) is 17.8 Å². The largest absolute Gasteiger partial charge is 0.444 e. The molecule has 25 heavy (non-hydrogen) atoms. The summed E-state index contributed by atoms with van der Waals surface area (Å²) in [6, 6.07) is 9.04. The fourth-order valence-corrected chi connectivity index (χ4v) is 3.64. The number of amides is 1. The molecular formula is C21H34N2O2. The SMILES string of the molecule is CC1CC(C)CC(NCc2ccc(CNC(=O)OC(C)(C)C)cc2)C1. The molecule has 0 heterocycles. The molecule has 1 aliphatic carbocycles. The Morgan fingerprint density at radius 2 is 1.52 bits per heavy atom.